The third-order valence-corrected chi connectivity index (χ3v) is 3.24. The topological polar surface area (TPSA) is 38.0 Å². The van der Waals surface area contributed by atoms with Gasteiger partial charge in [-0.05, 0) is 57.0 Å². The van der Waals surface area contributed by atoms with Gasteiger partial charge in [-0.3, -0.25) is 0 Å². The van der Waals surface area contributed by atoms with Crippen LogP contribution in [0.15, 0.2) is 0 Å². The highest BCUT2D eigenvalue weighted by Crippen LogP contribution is 2.21. The fourth-order valence-corrected chi connectivity index (χ4v) is 1.98. The fourth-order valence-electron chi connectivity index (χ4n) is 1.98. The first-order valence-electron chi connectivity index (χ1n) is 6.17. The van der Waals surface area contributed by atoms with Crippen LogP contribution in [0.2, 0.25) is 0 Å². The Bertz CT molecular complexity index is 141. The molecule has 14 heavy (non-hydrogen) atoms. The molecule has 1 aliphatic rings. The molecule has 1 saturated carbocycles. The molecule has 0 aromatic heterocycles. The summed E-state index contributed by atoms with van der Waals surface area (Å²) in [4.78, 5) is 0. The van der Waals surface area contributed by atoms with E-state index in [0.29, 0.717) is 0 Å². The van der Waals surface area contributed by atoms with E-state index in [4.69, 9.17) is 5.73 Å². The van der Waals surface area contributed by atoms with Gasteiger partial charge in [-0.1, -0.05) is 13.8 Å². The third kappa shape index (κ3) is 4.97. The van der Waals surface area contributed by atoms with Crippen molar-refractivity contribution in [2.24, 2.45) is 17.6 Å². The van der Waals surface area contributed by atoms with E-state index in [1.165, 1.54) is 38.6 Å². The molecule has 0 heterocycles. The highest BCUT2D eigenvalue weighted by Gasteiger charge is 2.20. The standard InChI is InChI=1S/C12H26N2/c1-10(2)11(7-8-13)4-3-9-14-12-5-6-12/h10-12,14H,3-9,13H2,1-2H3. The van der Waals surface area contributed by atoms with Crippen LogP contribution in [-0.4, -0.2) is 19.1 Å². The van der Waals surface area contributed by atoms with Crippen LogP contribution in [0.1, 0.15) is 46.0 Å². The summed E-state index contributed by atoms with van der Waals surface area (Å²) in [7, 11) is 0. The molecule has 1 fully saturated rings. The first kappa shape index (κ1) is 12.0. The maximum Gasteiger partial charge on any atom is 0.00682 e. The van der Waals surface area contributed by atoms with Crippen molar-refractivity contribution in [1.29, 1.82) is 0 Å². The fraction of sp³-hybridized carbons (Fsp3) is 1.00. The Hall–Kier alpha value is -0.0800. The van der Waals surface area contributed by atoms with Crippen molar-refractivity contribution in [3.05, 3.63) is 0 Å². The van der Waals surface area contributed by atoms with E-state index in [9.17, 15) is 0 Å². The molecule has 3 N–H and O–H groups in total. The lowest BCUT2D eigenvalue weighted by Gasteiger charge is -2.19. The van der Waals surface area contributed by atoms with E-state index in [0.717, 1.165) is 24.4 Å². The molecule has 0 aromatic rings. The first-order valence-corrected chi connectivity index (χ1v) is 6.17. The van der Waals surface area contributed by atoms with Gasteiger partial charge in [0.05, 0.1) is 0 Å². The predicted octanol–water partition coefficient (Wildman–Crippen LogP) is 2.14. The van der Waals surface area contributed by atoms with Crippen molar-refractivity contribution in [2.45, 2.75) is 52.0 Å². The molecule has 2 nitrogen and oxygen atoms in total. The molecule has 84 valence electrons. The summed E-state index contributed by atoms with van der Waals surface area (Å²) in [6.45, 7) is 6.68. The monoisotopic (exact) mass is 198 g/mol. The summed E-state index contributed by atoms with van der Waals surface area (Å²) in [5.74, 6) is 1.63. The van der Waals surface area contributed by atoms with Crippen LogP contribution in [-0.2, 0) is 0 Å². The highest BCUT2D eigenvalue weighted by molar-refractivity contribution is 4.80. The van der Waals surface area contributed by atoms with Gasteiger partial charge in [0, 0.05) is 6.04 Å². The van der Waals surface area contributed by atoms with Crippen LogP contribution in [0.25, 0.3) is 0 Å². The van der Waals surface area contributed by atoms with E-state index >= 15 is 0 Å². The molecule has 1 unspecified atom stereocenters. The molecular formula is C12H26N2. The average molecular weight is 198 g/mol. The van der Waals surface area contributed by atoms with E-state index in [1.54, 1.807) is 0 Å². The van der Waals surface area contributed by atoms with Crippen LogP contribution in [0, 0.1) is 11.8 Å². The van der Waals surface area contributed by atoms with Crippen molar-refractivity contribution in [1.82, 2.24) is 5.32 Å². The lowest BCUT2D eigenvalue weighted by atomic mass is 9.88. The Morgan fingerprint density at radius 1 is 1.29 bits per heavy atom. The molecular weight excluding hydrogens is 172 g/mol. The SMILES string of the molecule is CC(C)C(CCN)CCCNC1CC1. The minimum atomic E-state index is 0.791. The quantitative estimate of drug-likeness (QED) is 0.586. The summed E-state index contributed by atoms with van der Waals surface area (Å²) in [5.41, 5.74) is 5.61. The molecule has 0 radical (unpaired) electrons. The van der Waals surface area contributed by atoms with E-state index in [2.05, 4.69) is 19.2 Å². The zero-order chi connectivity index (χ0) is 10.4. The second-order valence-electron chi connectivity index (χ2n) is 4.95. The van der Waals surface area contributed by atoms with Crippen molar-refractivity contribution in [3.63, 3.8) is 0 Å². The largest absolute Gasteiger partial charge is 0.330 e. The minimum absolute atomic E-state index is 0.791. The molecule has 0 spiro atoms. The number of hydrogen-bond donors (Lipinski definition) is 2. The van der Waals surface area contributed by atoms with Gasteiger partial charge in [-0.15, -0.1) is 0 Å². The predicted molar refractivity (Wildman–Crippen MR) is 62.3 cm³/mol. The lowest BCUT2D eigenvalue weighted by Crippen LogP contribution is -2.20. The number of nitrogens with one attached hydrogen (secondary N) is 1. The van der Waals surface area contributed by atoms with Gasteiger partial charge in [0.1, 0.15) is 0 Å². The molecule has 1 rings (SSSR count). The molecule has 0 saturated heterocycles. The second-order valence-corrected chi connectivity index (χ2v) is 4.95. The van der Waals surface area contributed by atoms with Crippen molar-refractivity contribution in [3.8, 4) is 0 Å². The van der Waals surface area contributed by atoms with E-state index in [-0.39, 0.29) is 0 Å². The zero-order valence-corrected chi connectivity index (χ0v) is 9.76. The lowest BCUT2D eigenvalue weighted by molar-refractivity contribution is 0.331. The molecule has 0 amide bonds. The average Bonchev–Trinajstić information content (AvgIpc) is 2.93. The summed E-state index contributed by atoms with van der Waals surface area (Å²) in [5, 5.41) is 3.56. The molecule has 0 aromatic carbocycles. The Kier molecular flexibility index (Phi) is 5.49. The van der Waals surface area contributed by atoms with Crippen molar-refractivity contribution >= 4 is 0 Å². The zero-order valence-electron chi connectivity index (χ0n) is 9.76. The van der Waals surface area contributed by atoms with E-state index < -0.39 is 0 Å². The van der Waals surface area contributed by atoms with Gasteiger partial charge in [-0.25, -0.2) is 0 Å². The van der Waals surface area contributed by atoms with Gasteiger partial charge < -0.3 is 11.1 Å². The maximum absolute atomic E-state index is 5.61. The number of nitrogens with two attached hydrogens (primary N) is 1. The van der Waals surface area contributed by atoms with Crippen LogP contribution in [0.5, 0.6) is 0 Å². The van der Waals surface area contributed by atoms with Gasteiger partial charge in [0.2, 0.25) is 0 Å². The maximum atomic E-state index is 5.61. The van der Waals surface area contributed by atoms with Gasteiger partial charge in [0.15, 0.2) is 0 Å². The van der Waals surface area contributed by atoms with Crippen LogP contribution in [0.4, 0.5) is 0 Å². The summed E-state index contributed by atoms with van der Waals surface area (Å²) < 4.78 is 0. The van der Waals surface area contributed by atoms with E-state index in [1.807, 2.05) is 0 Å². The number of hydrogen-bond acceptors (Lipinski definition) is 2. The second kappa shape index (κ2) is 6.41. The molecule has 0 bridgehead atoms. The van der Waals surface area contributed by atoms with Crippen LogP contribution in [0.3, 0.4) is 0 Å². The van der Waals surface area contributed by atoms with Crippen molar-refractivity contribution < 1.29 is 0 Å². The third-order valence-electron chi connectivity index (χ3n) is 3.24. The highest BCUT2D eigenvalue weighted by atomic mass is 14.9. The van der Waals surface area contributed by atoms with Crippen molar-refractivity contribution in [2.75, 3.05) is 13.1 Å². The Morgan fingerprint density at radius 2 is 2.00 bits per heavy atom. The Labute approximate surface area is 88.6 Å². The van der Waals surface area contributed by atoms with Gasteiger partial charge >= 0.3 is 0 Å². The van der Waals surface area contributed by atoms with Gasteiger partial charge in [0.25, 0.3) is 0 Å². The van der Waals surface area contributed by atoms with Crippen LogP contribution < -0.4 is 11.1 Å². The number of rotatable bonds is 8. The Morgan fingerprint density at radius 3 is 2.50 bits per heavy atom. The summed E-state index contributed by atoms with van der Waals surface area (Å²) in [6, 6.07) is 0.863. The first-order chi connectivity index (χ1) is 6.74. The Balaban J connectivity index is 1.99. The summed E-state index contributed by atoms with van der Waals surface area (Å²) in [6.07, 6.45) is 6.65. The van der Waals surface area contributed by atoms with Gasteiger partial charge in [-0.2, -0.15) is 0 Å². The van der Waals surface area contributed by atoms with Crippen LogP contribution >= 0.6 is 0 Å². The molecule has 0 aliphatic heterocycles. The molecule has 1 aliphatic carbocycles. The minimum Gasteiger partial charge on any atom is -0.330 e. The molecule has 2 heteroatoms. The smallest absolute Gasteiger partial charge is 0.00682 e. The molecule has 1 atom stereocenters. The normalized spacial score (nSPS) is 18.9. The summed E-state index contributed by atoms with van der Waals surface area (Å²) >= 11 is 0.